The van der Waals surface area contributed by atoms with Crippen molar-refractivity contribution in [3.8, 4) is 5.75 Å². The number of carbonyl (C=O) groups excluding carboxylic acids is 2. The lowest BCUT2D eigenvalue weighted by atomic mass is 9.94. The Morgan fingerprint density at radius 2 is 1.62 bits per heavy atom. The smallest absolute Gasteiger partial charge is 0.261 e. The van der Waals surface area contributed by atoms with Gasteiger partial charge in [0.05, 0.1) is 0 Å². The SMILES string of the molecule is CC(C)c1ccccc1OCC(=O)N(Cc1cccc(Cl)c1)C(Cc1ccccc1)C(=O)NC1CCCCC1. The molecule has 206 valence electrons. The third-order valence-electron chi connectivity index (χ3n) is 7.36. The molecule has 39 heavy (non-hydrogen) atoms. The second kappa shape index (κ2) is 14.2. The van der Waals surface area contributed by atoms with E-state index < -0.39 is 6.04 Å². The third kappa shape index (κ3) is 8.34. The van der Waals surface area contributed by atoms with Crippen molar-refractivity contribution in [2.45, 2.75) is 76.9 Å². The van der Waals surface area contributed by atoms with Crippen LogP contribution in [0.2, 0.25) is 5.02 Å². The van der Waals surface area contributed by atoms with Crippen LogP contribution in [0.5, 0.6) is 5.75 Å². The van der Waals surface area contributed by atoms with Gasteiger partial charge in [-0.05, 0) is 53.6 Å². The number of hydrogen-bond donors (Lipinski definition) is 1. The lowest BCUT2D eigenvalue weighted by Gasteiger charge is -2.33. The summed E-state index contributed by atoms with van der Waals surface area (Å²) in [4.78, 5) is 29.4. The molecule has 0 heterocycles. The summed E-state index contributed by atoms with van der Waals surface area (Å²) in [6.07, 6.45) is 5.79. The summed E-state index contributed by atoms with van der Waals surface area (Å²) < 4.78 is 6.08. The summed E-state index contributed by atoms with van der Waals surface area (Å²) in [6.45, 7) is 4.29. The number of amides is 2. The Labute approximate surface area is 237 Å². The van der Waals surface area contributed by atoms with E-state index in [9.17, 15) is 9.59 Å². The molecule has 0 saturated heterocycles. The molecule has 0 radical (unpaired) electrons. The van der Waals surface area contributed by atoms with Crippen LogP contribution >= 0.6 is 11.6 Å². The summed E-state index contributed by atoms with van der Waals surface area (Å²) in [5, 5.41) is 3.86. The van der Waals surface area contributed by atoms with Crippen LogP contribution in [0.1, 0.15) is 68.6 Å². The zero-order chi connectivity index (χ0) is 27.6. The zero-order valence-electron chi connectivity index (χ0n) is 22.9. The number of ether oxygens (including phenoxy) is 1. The molecule has 1 unspecified atom stereocenters. The number of hydrogen-bond acceptors (Lipinski definition) is 3. The van der Waals surface area contributed by atoms with Gasteiger partial charge in [-0.15, -0.1) is 0 Å². The van der Waals surface area contributed by atoms with Gasteiger partial charge in [0, 0.05) is 24.0 Å². The first-order valence-corrected chi connectivity index (χ1v) is 14.4. The molecule has 0 aliphatic heterocycles. The molecule has 1 aliphatic carbocycles. The molecular weight excluding hydrogens is 508 g/mol. The Morgan fingerprint density at radius 1 is 0.923 bits per heavy atom. The van der Waals surface area contributed by atoms with Crippen molar-refractivity contribution in [1.82, 2.24) is 10.2 Å². The molecule has 1 fully saturated rings. The fraction of sp³-hybridized carbons (Fsp3) is 0.394. The van der Waals surface area contributed by atoms with Gasteiger partial charge in [0.1, 0.15) is 11.8 Å². The third-order valence-corrected chi connectivity index (χ3v) is 7.59. The Morgan fingerprint density at radius 3 is 2.33 bits per heavy atom. The van der Waals surface area contributed by atoms with E-state index in [4.69, 9.17) is 16.3 Å². The van der Waals surface area contributed by atoms with E-state index in [2.05, 4.69) is 19.2 Å². The molecule has 4 rings (SSSR count). The number of nitrogens with zero attached hydrogens (tertiary/aromatic N) is 1. The summed E-state index contributed by atoms with van der Waals surface area (Å²) in [7, 11) is 0. The van der Waals surface area contributed by atoms with E-state index in [0.717, 1.165) is 42.4 Å². The summed E-state index contributed by atoms with van der Waals surface area (Å²) in [5.41, 5.74) is 2.90. The Balaban J connectivity index is 1.63. The van der Waals surface area contributed by atoms with Crippen LogP contribution < -0.4 is 10.1 Å². The normalized spacial score (nSPS) is 14.6. The fourth-order valence-corrected chi connectivity index (χ4v) is 5.45. The number of halogens is 1. The molecule has 3 aromatic carbocycles. The highest BCUT2D eigenvalue weighted by atomic mass is 35.5. The molecule has 1 aliphatic rings. The first-order chi connectivity index (χ1) is 18.9. The minimum absolute atomic E-state index is 0.122. The summed E-state index contributed by atoms with van der Waals surface area (Å²) in [6, 6.07) is 24.6. The van der Waals surface area contributed by atoms with E-state index in [1.807, 2.05) is 72.8 Å². The highest BCUT2D eigenvalue weighted by Gasteiger charge is 2.32. The summed E-state index contributed by atoms with van der Waals surface area (Å²) >= 11 is 6.29. The number of para-hydroxylation sites is 1. The lowest BCUT2D eigenvalue weighted by molar-refractivity contribution is -0.143. The van der Waals surface area contributed by atoms with E-state index in [0.29, 0.717) is 17.2 Å². The summed E-state index contributed by atoms with van der Waals surface area (Å²) in [5.74, 6) is 0.581. The predicted molar refractivity (Wildman–Crippen MR) is 157 cm³/mol. The first-order valence-electron chi connectivity index (χ1n) is 14.0. The minimum Gasteiger partial charge on any atom is -0.483 e. The van der Waals surface area contributed by atoms with Gasteiger partial charge in [0.15, 0.2) is 6.61 Å². The lowest BCUT2D eigenvalue weighted by Crippen LogP contribution is -2.53. The van der Waals surface area contributed by atoms with Gasteiger partial charge in [-0.2, -0.15) is 0 Å². The van der Waals surface area contributed by atoms with Crippen molar-refractivity contribution in [2.75, 3.05) is 6.61 Å². The zero-order valence-corrected chi connectivity index (χ0v) is 23.7. The fourth-order valence-electron chi connectivity index (χ4n) is 5.24. The molecule has 1 atom stereocenters. The van der Waals surface area contributed by atoms with Crippen molar-refractivity contribution in [1.29, 1.82) is 0 Å². The van der Waals surface area contributed by atoms with Crippen LogP contribution in [0.3, 0.4) is 0 Å². The Hall–Kier alpha value is -3.31. The molecule has 0 bridgehead atoms. The van der Waals surface area contributed by atoms with Gasteiger partial charge in [-0.25, -0.2) is 0 Å². The molecule has 6 heteroatoms. The molecular formula is C33H39ClN2O3. The van der Waals surface area contributed by atoms with E-state index >= 15 is 0 Å². The van der Waals surface area contributed by atoms with Crippen LogP contribution in [0.15, 0.2) is 78.9 Å². The van der Waals surface area contributed by atoms with Crippen LogP contribution in [0, 0.1) is 0 Å². The van der Waals surface area contributed by atoms with Crippen LogP contribution in [0.25, 0.3) is 0 Å². The average molecular weight is 547 g/mol. The Bertz CT molecular complexity index is 1220. The van der Waals surface area contributed by atoms with Gasteiger partial charge in [-0.1, -0.05) is 105 Å². The second-order valence-electron chi connectivity index (χ2n) is 10.7. The Kier molecular flexibility index (Phi) is 10.4. The number of nitrogens with one attached hydrogen (secondary N) is 1. The van der Waals surface area contributed by atoms with Crippen molar-refractivity contribution in [3.05, 3.63) is 101 Å². The largest absolute Gasteiger partial charge is 0.483 e. The van der Waals surface area contributed by atoms with Crippen LogP contribution in [-0.2, 0) is 22.6 Å². The van der Waals surface area contributed by atoms with Crippen molar-refractivity contribution in [2.24, 2.45) is 0 Å². The molecule has 0 spiro atoms. The minimum atomic E-state index is -0.690. The van der Waals surface area contributed by atoms with Crippen LogP contribution in [-0.4, -0.2) is 35.4 Å². The first kappa shape index (κ1) is 28.7. The number of carbonyl (C=O) groups is 2. The van der Waals surface area contributed by atoms with Gasteiger partial charge in [0.2, 0.25) is 5.91 Å². The molecule has 1 N–H and O–H groups in total. The van der Waals surface area contributed by atoms with E-state index in [1.165, 1.54) is 6.42 Å². The standard InChI is InChI=1S/C33H39ClN2O3/c1-24(2)29-18-9-10-19-31(29)39-23-32(37)36(22-26-14-11-15-27(34)20-26)30(21-25-12-5-3-6-13-25)33(38)35-28-16-7-4-8-17-28/h3,5-6,9-15,18-20,24,28,30H,4,7-8,16-17,21-23H2,1-2H3,(H,35,38). The molecule has 5 nitrogen and oxygen atoms in total. The maximum Gasteiger partial charge on any atom is 0.261 e. The van der Waals surface area contributed by atoms with Crippen LogP contribution in [0.4, 0.5) is 0 Å². The second-order valence-corrected chi connectivity index (χ2v) is 11.1. The van der Waals surface area contributed by atoms with Gasteiger partial charge in [-0.3, -0.25) is 9.59 Å². The topological polar surface area (TPSA) is 58.6 Å². The van der Waals surface area contributed by atoms with Gasteiger partial charge >= 0.3 is 0 Å². The molecule has 3 aromatic rings. The maximum atomic E-state index is 13.9. The average Bonchev–Trinajstić information content (AvgIpc) is 2.95. The highest BCUT2D eigenvalue weighted by molar-refractivity contribution is 6.30. The van der Waals surface area contributed by atoms with E-state index in [1.54, 1.807) is 11.0 Å². The maximum absolute atomic E-state index is 13.9. The van der Waals surface area contributed by atoms with E-state index in [-0.39, 0.29) is 36.9 Å². The van der Waals surface area contributed by atoms with Crippen molar-refractivity contribution in [3.63, 3.8) is 0 Å². The number of benzene rings is 3. The van der Waals surface area contributed by atoms with Crippen molar-refractivity contribution >= 4 is 23.4 Å². The molecule has 0 aromatic heterocycles. The predicted octanol–water partition coefficient (Wildman–Crippen LogP) is 6.93. The molecule has 1 saturated carbocycles. The number of rotatable bonds is 11. The van der Waals surface area contributed by atoms with Gasteiger partial charge in [0.25, 0.3) is 5.91 Å². The monoisotopic (exact) mass is 546 g/mol. The van der Waals surface area contributed by atoms with Crippen molar-refractivity contribution < 1.29 is 14.3 Å². The van der Waals surface area contributed by atoms with Gasteiger partial charge < -0.3 is 15.0 Å². The quantitative estimate of drug-likeness (QED) is 0.283. The highest BCUT2D eigenvalue weighted by Crippen LogP contribution is 2.26. The molecule has 2 amide bonds.